The van der Waals surface area contributed by atoms with Gasteiger partial charge < -0.3 is 10.1 Å². The molecule has 0 spiro atoms. The van der Waals surface area contributed by atoms with Crippen LogP contribution in [0, 0.1) is 0 Å². The molecular formula is C17H22N2O. The molecule has 0 aliphatic rings. The average molecular weight is 270 g/mol. The van der Waals surface area contributed by atoms with Crippen LogP contribution in [0.5, 0.6) is 0 Å². The van der Waals surface area contributed by atoms with E-state index in [1.165, 1.54) is 5.56 Å². The minimum Gasteiger partial charge on any atom is -0.382 e. The third kappa shape index (κ3) is 4.44. The number of nitrogens with one attached hydrogen (secondary N) is 1. The van der Waals surface area contributed by atoms with Gasteiger partial charge in [0.15, 0.2) is 0 Å². The lowest BCUT2D eigenvalue weighted by atomic mass is 10.0. The number of aromatic nitrogens is 1. The first-order chi connectivity index (χ1) is 9.92. The molecule has 0 saturated carbocycles. The Kier molecular flexibility index (Phi) is 6.21. The number of hydrogen-bond acceptors (Lipinski definition) is 3. The van der Waals surface area contributed by atoms with Crippen molar-refractivity contribution in [3.63, 3.8) is 0 Å². The topological polar surface area (TPSA) is 34.1 Å². The molecule has 3 nitrogen and oxygen atoms in total. The van der Waals surface area contributed by atoms with E-state index in [2.05, 4.69) is 40.6 Å². The van der Waals surface area contributed by atoms with Crippen molar-refractivity contribution in [3.8, 4) is 0 Å². The molecule has 1 heterocycles. The van der Waals surface area contributed by atoms with E-state index in [-0.39, 0.29) is 6.04 Å². The zero-order chi connectivity index (χ0) is 14.0. The Hall–Kier alpha value is -1.71. The van der Waals surface area contributed by atoms with Gasteiger partial charge in [0.05, 0.1) is 11.7 Å². The first kappa shape index (κ1) is 14.7. The first-order valence-electron chi connectivity index (χ1n) is 7.19. The van der Waals surface area contributed by atoms with E-state index < -0.39 is 0 Å². The zero-order valence-corrected chi connectivity index (χ0v) is 12.0. The molecule has 0 amide bonds. The van der Waals surface area contributed by atoms with Crippen LogP contribution in [0.2, 0.25) is 0 Å². The Bertz CT molecular complexity index is 433. The lowest BCUT2D eigenvalue weighted by molar-refractivity contribution is 0.144. The second-order valence-electron chi connectivity index (χ2n) is 4.60. The second-order valence-corrected chi connectivity index (χ2v) is 4.60. The maximum absolute atomic E-state index is 5.37. The lowest BCUT2D eigenvalue weighted by Crippen LogP contribution is -2.25. The molecule has 1 atom stereocenters. The van der Waals surface area contributed by atoms with Crippen molar-refractivity contribution < 1.29 is 4.74 Å². The van der Waals surface area contributed by atoms with Crippen LogP contribution in [-0.4, -0.2) is 24.7 Å². The van der Waals surface area contributed by atoms with Crippen LogP contribution < -0.4 is 5.32 Å². The molecule has 1 unspecified atom stereocenters. The monoisotopic (exact) mass is 270 g/mol. The molecule has 1 N–H and O–H groups in total. The van der Waals surface area contributed by atoms with Crippen molar-refractivity contribution >= 4 is 0 Å². The molecule has 0 fully saturated rings. The van der Waals surface area contributed by atoms with E-state index in [9.17, 15) is 0 Å². The van der Waals surface area contributed by atoms with Crippen molar-refractivity contribution in [2.75, 3.05) is 19.8 Å². The van der Waals surface area contributed by atoms with Gasteiger partial charge in [-0.2, -0.15) is 0 Å². The van der Waals surface area contributed by atoms with Gasteiger partial charge in [0.25, 0.3) is 0 Å². The highest BCUT2D eigenvalue weighted by Gasteiger charge is 2.13. The molecule has 20 heavy (non-hydrogen) atoms. The molecule has 0 aliphatic heterocycles. The lowest BCUT2D eigenvalue weighted by Gasteiger charge is -2.18. The number of hydrogen-bond donors (Lipinski definition) is 1. The first-order valence-corrected chi connectivity index (χ1v) is 7.19. The Balaban J connectivity index is 2.02. The van der Waals surface area contributed by atoms with Crippen LogP contribution in [0.3, 0.4) is 0 Å². The van der Waals surface area contributed by atoms with Crippen LogP contribution in [0.25, 0.3) is 0 Å². The van der Waals surface area contributed by atoms with Crippen molar-refractivity contribution in [2.24, 2.45) is 0 Å². The van der Waals surface area contributed by atoms with Gasteiger partial charge in [0.2, 0.25) is 0 Å². The largest absolute Gasteiger partial charge is 0.382 e. The van der Waals surface area contributed by atoms with E-state index in [1.54, 1.807) is 0 Å². The number of rotatable bonds is 8. The number of ether oxygens (including phenoxy) is 1. The minimum atomic E-state index is 0.138. The van der Waals surface area contributed by atoms with Crippen LogP contribution in [0.4, 0.5) is 0 Å². The van der Waals surface area contributed by atoms with Gasteiger partial charge in [0, 0.05) is 19.4 Å². The number of benzene rings is 1. The van der Waals surface area contributed by atoms with Gasteiger partial charge in [-0.1, -0.05) is 36.4 Å². The highest BCUT2D eigenvalue weighted by Crippen LogP contribution is 2.19. The molecule has 3 heteroatoms. The summed E-state index contributed by atoms with van der Waals surface area (Å²) >= 11 is 0. The fourth-order valence-corrected chi connectivity index (χ4v) is 2.15. The summed E-state index contributed by atoms with van der Waals surface area (Å²) in [6.45, 7) is 4.51. The molecule has 0 saturated heterocycles. The third-order valence-corrected chi connectivity index (χ3v) is 3.13. The second kappa shape index (κ2) is 8.46. The summed E-state index contributed by atoms with van der Waals surface area (Å²) in [5, 5.41) is 3.57. The van der Waals surface area contributed by atoms with Gasteiger partial charge in [0.1, 0.15) is 0 Å². The Labute approximate surface area is 121 Å². The van der Waals surface area contributed by atoms with Crippen LogP contribution >= 0.6 is 0 Å². The molecule has 2 rings (SSSR count). The van der Waals surface area contributed by atoms with Gasteiger partial charge >= 0.3 is 0 Å². The molecule has 1 aromatic carbocycles. The highest BCUT2D eigenvalue weighted by molar-refractivity contribution is 5.27. The van der Waals surface area contributed by atoms with Crippen molar-refractivity contribution in [1.29, 1.82) is 0 Å². The molecule has 0 bridgehead atoms. The van der Waals surface area contributed by atoms with E-state index in [1.807, 2.05) is 31.3 Å². The van der Waals surface area contributed by atoms with E-state index in [4.69, 9.17) is 4.74 Å². The Morgan fingerprint density at radius 1 is 1.10 bits per heavy atom. The van der Waals surface area contributed by atoms with Gasteiger partial charge in [-0.15, -0.1) is 0 Å². The summed E-state index contributed by atoms with van der Waals surface area (Å²) in [4.78, 5) is 4.48. The average Bonchev–Trinajstić information content (AvgIpc) is 2.53. The van der Waals surface area contributed by atoms with E-state index in [0.717, 1.165) is 31.9 Å². The van der Waals surface area contributed by atoms with Crippen LogP contribution in [0.1, 0.15) is 30.6 Å². The fourth-order valence-electron chi connectivity index (χ4n) is 2.15. The summed E-state index contributed by atoms with van der Waals surface area (Å²) < 4.78 is 5.37. The molecule has 0 radical (unpaired) electrons. The maximum atomic E-state index is 5.37. The minimum absolute atomic E-state index is 0.138. The normalized spacial score (nSPS) is 12.2. The molecule has 2 aromatic rings. The summed E-state index contributed by atoms with van der Waals surface area (Å²) in [5.41, 5.74) is 2.29. The maximum Gasteiger partial charge on any atom is 0.0751 e. The highest BCUT2D eigenvalue weighted by atomic mass is 16.5. The Morgan fingerprint density at radius 2 is 1.90 bits per heavy atom. The van der Waals surface area contributed by atoms with Crippen LogP contribution in [0.15, 0.2) is 54.7 Å². The molecule has 106 valence electrons. The van der Waals surface area contributed by atoms with Gasteiger partial charge in [-0.3, -0.25) is 4.98 Å². The van der Waals surface area contributed by atoms with E-state index in [0.29, 0.717) is 0 Å². The fraction of sp³-hybridized carbons (Fsp3) is 0.353. The molecular weight excluding hydrogens is 248 g/mol. The van der Waals surface area contributed by atoms with E-state index >= 15 is 0 Å². The van der Waals surface area contributed by atoms with Crippen LogP contribution in [-0.2, 0) is 4.74 Å². The predicted molar refractivity (Wildman–Crippen MR) is 81.6 cm³/mol. The zero-order valence-electron chi connectivity index (χ0n) is 12.0. The summed E-state index contributed by atoms with van der Waals surface area (Å²) in [6, 6.07) is 16.6. The van der Waals surface area contributed by atoms with Crippen molar-refractivity contribution in [2.45, 2.75) is 19.4 Å². The third-order valence-electron chi connectivity index (χ3n) is 3.13. The number of nitrogens with zero attached hydrogens (tertiary/aromatic N) is 1. The van der Waals surface area contributed by atoms with Gasteiger partial charge in [-0.25, -0.2) is 0 Å². The summed E-state index contributed by atoms with van der Waals surface area (Å²) in [7, 11) is 0. The summed E-state index contributed by atoms with van der Waals surface area (Å²) in [5.74, 6) is 0. The SMILES string of the molecule is CCOCCCNC(c1ccccc1)c1ccccn1. The summed E-state index contributed by atoms with van der Waals surface area (Å²) in [6.07, 6.45) is 2.84. The molecule has 0 aliphatic carbocycles. The number of pyridine rings is 1. The Morgan fingerprint density at radius 3 is 2.60 bits per heavy atom. The predicted octanol–water partition coefficient (Wildman–Crippen LogP) is 3.19. The smallest absolute Gasteiger partial charge is 0.0751 e. The molecule has 1 aromatic heterocycles. The van der Waals surface area contributed by atoms with Crippen molar-refractivity contribution in [3.05, 3.63) is 66.0 Å². The quantitative estimate of drug-likeness (QED) is 0.748. The van der Waals surface area contributed by atoms with Crippen molar-refractivity contribution in [1.82, 2.24) is 10.3 Å². The van der Waals surface area contributed by atoms with Gasteiger partial charge in [-0.05, 0) is 37.6 Å². The standard InChI is InChI=1S/C17H22N2O/c1-2-20-14-8-13-19-17(15-9-4-3-5-10-15)16-11-6-7-12-18-16/h3-7,9-12,17,19H,2,8,13-14H2,1H3.